The summed E-state index contributed by atoms with van der Waals surface area (Å²) in [6.45, 7) is 2.47. The van der Waals surface area contributed by atoms with Crippen molar-refractivity contribution < 1.29 is 4.74 Å². The molecule has 2 heteroatoms. The number of thioether (sulfide) groups is 1. The lowest BCUT2D eigenvalue weighted by molar-refractivity contribution is -0.0871. The highest BCUT2D eigenvalue weighted by Gasteiger charge is 2.38. The summed E-state index contributed by atoms with van der Waals surface area (Å²) in [6, 6.07) is 0. The van der Waals surface area contributed by atoms with Crippen LogP contribution in [0.3, 0.4) is 0 Å². The zero-order chi connectivity index (χ0) is 12.4. The Hall–Kier alpha value is 0.310. The summed E-state index contributed by atoms with van der Waals surface area (Å²) >= 11 is 2.18. The summed E-state index contributed by atoms with van der Waals surface area (Å²) in [7, 11) is 0. The van der Waals surface area contributed by atoms with Crippen molar-refractivity contribution in [3.8, 4) is 0 Å². The van der Waals surface area contributed by atoms with E-state index in [-0.39, 0.29) is 0 Å². The largest absolute Gasteiger partial charge is 0.364 e. The Kier molecular flexibility index (Phi) is 4.56. The number of fused-ring (bicyclic) bond motifs is 1. The summed E-state index contributed by atoms with van der Waals surface area (Å²) in [4.78, 5) is 0. The molecule has 2 unspecified atom stereocenters. The van der Waals surface area contributed by atoms with Gasteiger partial charge in [-0.05, 0) is 43.9 Å². The summed E-state index contributed by atoms with van der Waals surface area (Å²) in [5.41, 5.74) is 0.516. The van der Waals surface area contributed by atoms with E-state index in [2.05, 4.69) is 18.7 Å². The average Bonchev–Trinajstić information content (AvgIpc) is 2.40. The molecule has 3 fully saturated rings. The SMILES string of the molecule is C[C@@H]1C[C@H](SC2CCCCC2)OC2CCCCC21. The third kappa shape index (κ3) is 3.07. The predicted molar refractivity (Wildman–Crippen MR) is 78.9 cm³/mol. The van der Waals surface area contributed by atoms with Crippen LogP contribution in [0.4, 0.5) is 0 Å². The number of hydrogen-bond donors (Lipinski definition) is 0. The van der Waals surface area contributed by atoms with E-state index >= 15 is 0 Å². The zero-order valence-corrected chi connectivity index (χ0v) is 12.6. The van der Waals surface area contributed by atoms with E-state index in [9.17, 15) is 0 Å². The van der Waals surface area contributed by atoms with E-state index in [1.165, 1.54) is 64.2 Å². The van der Waals surface area contributed by atoms with Crippen LogP contribution in [0.1, 0.15) is 71.1 Å². The third-order valence-electron chi connectivity index (χ3n) is 5.27. The van der Waals surface area contributed by atoms with Crippen molar-refractivity contribution in [3.05, 3.63) is 0 Å². The highest BCUT2D eigenvalue weighted by molar-refractivity contribution is 8.00. The fourth-order valence-electron chi connectivity index (χ4n) is 4.18. The normalized spacial score (nSPS) is 42.5. The van der Waals surface area contributed by atoms with Crippen LogP contribution < -0.4 is 0 Å². The second-order valence-corrected chi connectivity index (χ2v) is 8.13. The molecule has 0 aromatic carbocycles. The molecule has 104 valence electrons. The molecule has 4 atom stereocenters. The van der Waals surface area contributed by atoms with Gasteiger partial charge in [-0.1, -0.05) is 39.0 Å². The van der Waals surface area contributed by atoms with Crippen LogP contribution in [-0.4, -0.2) is 16.8 Å². The molecule has 0 aromatic rings. The molecule has 18 heavy (non-hydrogen) atoms. The Labute approximate surface area is 116 Å². The second-order valence-electron chi connectivity index (χ2n) is 6.66. The van der Waals surface area contributed by atoms with Gasteiger partial charge in [0.05, 0.1) is 6.10 Å². The maximum absolute atomic E-state index is 6.43. The first kappa shape index (κ1) is 13.3. The van der Waals surface area contributed by atoms with Crippen LogP contribution in [0.2, 0.25) is 0 Å². The van der Waals surface area contributed by atoms with Gasteiger partial charge in [-0.15, -0.1) is 11.8 Å². The average molecular weight is 268 g/mol. The molecule has 3 aliphatic rings. The van der Waals surface area contributed by atoms with Gasteiger partial charge in [0.1, 0.15) is 5.44 Å². The van der Waals surface area contributed by atoms with Crippen molar-refractivity contribution in [3.63, 3.8) is 0 Å². The maximum Gasteiger partial charge on any atom is 0.104 e. The third-order valence-corrected chi connectivity index (χ3v) is 6.74. The highest BCUT2D eigenvalue weighted by Crippen LogP contribution is 2.44. The minimum atomic E-state index is 0.516. The molecule has 1 nitrogen and oxygen atoms in total. The van der Waals surface area contributed by atoms with Crippen molar-refractivity contribution in [1.29, 1.82) is 0 Å². The van der Waals surface area contributed by atoms with E-state index in [0.29, 0.717) is 11.5 Å². The minimum Gasteiger partial charge on any atom is -0.364 e. The van der Waals surface area contributed by atoms with Crippen LogP contribution in [0.15, 0.2) is 0 Å². The van der Waals surface area contributed by atoms with Gasteiger partial charge in [-0.3, -0.25) is 0 Å². The van der Waals surface area contributed by atoms with E-state index in [1.54, 1.807) is 0 Å². The van der Waals surface area contributed by atoms with Crippen LogP contribution in [0.25, 0.3) is 0 Å². The van der Waals surface area contributed by atoms with Gasteiger partial charge >= 0.3 is 0 Å². The first-order valence-corrected chi connectivity index (χ1v) is 9.08. The molecule has 1 aliphatic heterocycles. The molecule has 0 amide bonds. The number of hydrogen-bond acceptors (Lipinski definition) is 2. The van der Waals surface area contributed by atoms with Gasteiger partial charge in [0, 0.05) is 5.25 Å². The Morgan fingerprint density at radius 2 is 1.61 bits per heavy atom. The summed E-state index contributed by atoms with van der Waals surface area (Å²) in [5.74, 6) is 1.77. The molecule has 1 saturated heterocycles. The van der Waals surface area contributed by atoms with E-state index < -0.39 is 0 Å². The lowest BCUT2D eigenvalue weighted by atomic mass is 9.76. The van der Waals surface area contributed by atoms with E-state index in [4.69, 9.17) is 4.74 Å². The molecule has 2 aliphatic carbocycles. The molecule has 0 radical (unpaired) electrons. The Balaban J connectivity index is 1.54. The van der Waals surface area contributed by atoms with E-state index in [0.717, 1.165) is 17.1 Å². The fourth-order valence-corrected chi connectivity index (χ4v) is 5.83. The zero-order valence-electron chi connectivity index (χ0n) is 11.8. The molecule has 0 N–H and O–H groups in total. The van der Waals surface area contributed by atoms with Crippen molar-refractivity contribution >= 4 is 11.8 Å². The fraction of sp³-hybridized carbons (Fsp3) is 1.00. The Morgan fingerprint density at radius 3 is 2.44 bits per heavy atom. The van der Waals surface area contributed by atoms with Gasteiger partial charge in [0.2, 0.25) is 0 Å². The van der Waals surface area contributed by atoms with E-state index in [1.807, 2.05) is 0 Å². The van der Waals surface area contributed by atoms with Crippen LogP contribution in [-0.2, 0) is 4.74 Å². The first-order valence-electron chi connectivity index (χ1n) is 8.14. The van der Waals surface area contributed by atoms with Crippen LogP contribution in [0.5, 0.6) is 0 Å². The predicted octanol–water partition coefficient (Wildman–Crippen LogP) is 4.99. The Bertz CT molecular complexity index is 260. The number of ether oxygens (including phenoxy) is 1. The monoisotopic (exact) mass is 268 g/mol. The van der Waals surface area contributed by atoms with Gasteiger partial charge in [0.15, 0.2) is 0 Å². The smallest absolute Gasteiger partial charge is 0.104 e. The second kappa shape index (κ2) is 6.17. The Morgan fingerprint density at radius 1 is 0.889 bits per heavy atom. The van der Waals surface area contributed by atoms with Gasteiger partial charge < -0.3 is 4.74 Å². The van der Waals surface area contributed by atoms with Crippen LogP contribution in [0, 0.1) is 11.8 Å². The molecule has 0 spiro atoms. The van der Waals surface area contributed by atoms with Crippen molar-refractivity contribution in [2.45, 2.75) is 87.9 Å². The van der Waals surface area contributed by atoms with Crippen molar-refractivity contribution in [2.24, 2.45) is 11.8 Å². The first-order chi connectivity index (χ1) is 8.83. The topological polar surface area (TPSA) is 9.23 Å². The molecular weight excluding hydrogens is 240 g/mol. The molecule has 0 bridgehead atoms. The molecule has 1 heterocycles. The minimum absolute atomic E-state index is 0.516. The highest BCUT2D eigenvalue weighted by atomic mass is 32.2. The molecule has 3 rings (SSSR count). The lowest BCUT2D eigenvalue weighted by Gasteiger charge is -2.44. The quantitative estimate of drug-likeness (QED) is 0.697. The van der Waals surface area contributed by atoms with Gasteiger partial charge in [0.25, 0.3) is 0 Å². The molecule has 2 saturated carbocycles. The van der Waals surface area contributed by atoms with Crippen molar-refractivity contribution in [1.82, 2.24) is 0 Å². The van der Waals surface area contributed by atoms with Gasteiger partial charge in [-0.2, -0.15) is 0 Å². The lowest BCUT2D eigenvalue weighted by Crippen LogP contribution is -2.41. The van der Waals surface area contributed by atoms with Crippen LogP contribution >= 0.6 is 11.8 Å². The standard InChI is InChI=1S/C16H28OS/c1-12-11-16(18-13-7-3-2-4-8-13)17-15-10-6-5-9-14(12)15/h12-16H,2-11H2,1H3/t12-,14?,15?,16+/m1/s1. The number of rotatable bonds is 2. The summed E-state index contributed by atoms with van der Waals surface area (Å²) in [5, 5.41) is 0.899. The summed E-state index contributed by atoms with van der Waals surface area (Å²) < 4.78 is 6.43. The molecular formula is C16H28OS. The maximum atomic E-state index is 6.43. The van der Waals surface area contributed by atoms with Crippen molar-refractivity contribution in [2.75, 3.05) is 0 Å². The summed E-state index contributed by atoms with van der Waals surface area (Å²) in [6.07, 6.45) is 14.7. The molecule has 0 aromatic heterocycles. The van der Waals surface area contributed by atoms with Gasteiger partial charge in [-0.25, -0.2) is 0 Å².